The van der Waals surface area contributed by atoms with Crippen molar-refractivity contribution in [3.05, 3.63) is 35.0 Å². The number of hydrogen-bond donors (Lipinski definition) is 1. The fourth-order valence-corrected chi connectivity index (χ4v) is 1.60. The molecule has 4 nitrogen and oxygen atoms in total. The molecule has 2 rings (SSSR count). The number of alkyl halides is 6. The summed E-state index contributed by atoms with van der Waals surface area (Å²) in [4.78, 5) is 0. The molecule has 1 heterocycles. The van der Waals surface area contributed by atoms with Gasteiger partial charge in [-0.15, -0.1) is 5.10 Å². The molecule has 0 spiro atoms. The topological polar surface area (TPSA) is 65.4 Å². The van der Waals surface area contributed by atoms with Gasteiger partial charge in [-0.1, -0.05) is 5.21 Å². The number of H-pyrrole nitrogens is 1. The van der Waals surface area contributed by atoms with Crippen LogP contribution in [0.1, 0.15) is 16.8 Å². The van der Waals surface area contributed by atoms with Crippen molar-refractivity contribution in [3.63, 3.8) is 0 Å². The average molecular weight is 306 g/mol. The van der Waals surface area contributed by atoms with Crippen LogP contribution >= 0.6 is 0 Å². The maximum absolute atomic E-state index is 12.7. The van der Waals surface area contributed by atoms with E-state index in [4.69, 9.17) is 5.26 Å². The second kappa shape index (κ2) is 4.76. The van der Waals surface area contributed by atoms with Gasteiger partial charge in [0.2, 0.25) is 0 Å². The van der Waals surface area contributed by atoms with Crippen molar-refractivity contribution in [2.75, 3.05) is 0 Å². The maximum Gasteiger partial charge on any atom is 0.416 e. The van der Waals surface area contributed by atoms with Gasteiger partial charge in [-0.3, -0.25) is 0 Å². The van der Waals surface area contributed by atoms with Crippen LogP contribution < -0.4 is 0 Å². The Labute approximate surface area is 113 Å². The maximum atomic E-state index is 12.7. The second-order valence-electron chi connectivity index (χ2n) is 3.94. The van der Waals surface area contributed by atoms with Crippen LogP contribution in [0.15, 0.2) is 18.2 Å². The molecule has 1 N–H and O–H groups in total. The molecular formula is C11H4F6N4. The third-order valence-electron chi connectivity index (χ3n) is 2.52. The van der Waals surface area contributed by atoms with Crippen molar-refractivity contribution in [2.45, 2.75) is 12.4 Å². The largest absolute Gasteiger partial charge is 0.416 e. The Bertz CT molecular complexity index is 674. The van der Waals surface area contributed by atoms with Gasteiger partial charge in [-0.25, -0.2) is 5.10 Å². The van der Waals surface area contributed by atoms with E-state index < -0.39 is 29.0 Å². The first kappa shape index (κ1) is 14.8. The third kappa shape index (κ3) is 2.96. The zero-order chi connectivity index (χ0) is 15.8. The summed E-state index contributed by atoms with van der Waals surface area (Å²) < 4.78 is 76.1. The van der Waals surface area contributed by atoms with Crippen LogP contribution in [0.4, 0.5) is 26.3 Å². The Kier molecular flexibility index (Phi) is 3.36. The molecule has 0 aliphatic heterocycles. The molecule has 1 aromatic carbocycles. The highest BCUT2D eigenvalue weighted by atomic mass is 19.4. The molecule has 0 bridgehead atoms. The molecular weight excluding hydrogens is 302 g/mol. The van der Waals surface area contributed by atoms with Gasteiger partial charge in [0.05, 0.1) is 11.1 Å². The summed E-state index contributed by atoms with van der Waals surface area (Å²) in [5, 5.41) is 17.3. The third-order valence-corrected chi connectivity index (χ3v) is 2.52. The Balaban J connectivity index is 2.70. The van der Waals surface area contributed by atoms with Crippen LogP contribution in [0.2, 0.25) is 0 Å². The van der Waals surface area contributed by atoms with Crippen LogP contribution in [0.3, 0.4) is 0 Å². The SMILES string of the molecule is N#Cc1[nH]nnc1-c1cc(C(F)(F)F)cc(C(F)(F)F)c1. The summed E-state index contributed by atoms with van der Waals surface area (Å²) in [7, 11) is 0. The summed E-state index contributed by atoms with van der Waals surface area (Å²) in [6.45, 7) is 0. The van der Waals surface area contributed by atoms with E-state index in [0.29, 0.717) is 12.1 Å². The molecule has 0 amide bonds. The molecule has 2 aromatic rings. The van der Waals surface area contributed by atoms with Gasteiger partial charge in [-0.05, 0) is 18.2 Å². The van der Waals surface area contributed by atoms with E-state index in [1.807, 2.05) is 0 Å². The molecule has 0 unspecified atom stereocenters. The molecule has 0 atom stereocenters. The number of aromatic amines is 1. The summed E-state index contributed by atoms with van der Waals surface area (Å²) in [6.07, 6.45) is -9.93. The van der Waals surface area contributed by atoms with E-state index in [9.17, 15) is 26.3 Å². The van der Waals surface area contributed by atoms with Crippen molar-refractivity contribution in [2.24, 2.45) is 0 Å². The van der Waals surface area contributed by atoms with Gasteiger partial charge in [0.1, 0.15) is 11.8 Å². The summed E-state index contributed by atoms with van der Waals surface area (Å²) in [5.74, 6) is 0. The molecule has 1 aromatic heterocycles. The van der Waals surface area contributed by atoms with E-state index in [0.717, 1.165) is 0 Å². The van der Waals surface area contributed by atoms with Crippen LogP contribution in [0.25, 0.3) is 11.3 Å². The van der Waals surface area contributed by atoms with E-state index in [1.165, 1.54) is 0 Å². The highest BCUT2D eigenvalue weighted by Gasteiger charge is 2.37. The molecule has 0 radical (unpaired) electrons. The van der Waals surface area contributed by atoms with E-state index in [1.54, 1.807) is 6.07 Å². The Morgan fingerprint density at radius 2 is 1.48 bits per heavy atom. The minimum Gasteiger partial charge on any atom is -0.247 e. The van der Waals surface area contributed by atoms with Gasteiger partial charge in [0.15, 0.2) is 5.69 Å². The quantitative estimate of drug-likeness (QED) is 0.821. The lowest BCUT2D eigenvalue weighted by molar-refractivity contribution is -0.143. The molecule has 0 aliphatic rings. The van der Waals surface area contributed by atoms with Crippen LogP contribution in [-0.4, -0.2) is 15.4 Å². The van der Waals surface area contributed by atoms with Crippen LogP contribution in [-0.2, 0) is 12.4 Å². The molecule has 21 heavy (non-hydrogen) atoms. The van der Waals surface area contributed by atoms with Gasteiger partial charge in [0, 0.05) is 5.56 Å². The number of rotatable bonds is 1. The summed E-state index contributed by atoms with van der Waals surface area (Å²) >= 11 is 0. The first-order chi connectivity index (χ1) is 9.63. The fraction of sp³-hybridized carbons (Fsp3) is 0.182. The number of hydrogen-bond acceptors (Lipinski definition) is 3. The molecule has 0 fully saturated rings. The monoisotopic (exact) mass is 306 g/mol. The molecule has 110 valence electrons. The molecule has 0 aliphatic carbocycles. The fourth-order valence-electron chi connectivity index (χ4n) is 1.60. The Hall–Kier alpha value is -2.57. The lowest BCUT2D eigenvalue weighted by atomic mass is 10.0. The van der Waals surface area contributed by atoms with Crippen molar-refractivity contribution in [3.8, 4) is 17.3 Å². The molecule has 0 saturated carbocycles. The van der Waals surface area contributed by atoms with Crippen molar-refractivity contribution in [1.82, 2.24) is 15.4 Å². The summed E-state index contributed by atoms with van der Waals surface area (Å²) in [6, 6.07) is 2.50. The van der Waals surface area contributed by atoms with Crippen LogP contribution in [0, 0.1) is 11.3 Å². The number of nitriles is 1. The smallest absolute Gasteiger partial charge is 0.247 e. The highest BCUT2D eigenvalue weighted by molar-refractivity contribution is 5.66. The van der Waals surface area contributed by atoms with Crippen molar-refractivity contribution >= 4 is 0 Å². The zero-order valence-electron chi connectivity index (χ0n) is 9.84. The number of nitrogens with one attached hydrogen (secondary N) is 1. The average Bonchev–Trinajstić information content (AvgIpc) is 2.84. The van der Waals surface area contributed by atoms with Crippen molar-refractivity contribution < 1.29 is 26.3 Å². The predicted octanol–water partition coefficient (Wildman–Crippen LogP) is 3.38. The first-order valence-electron chi connectivity index (χ1n) is 5.24. The Morgan fingerprint density at radius 1 is 0.952 bits per heavy atom. The molecule has 10 heteroatoms. The normalized spacial score (nSPS) is 12.2. The van der Waals surface area contributed by atoms with E-state index in [2.05, 4.69) is 15.4 Å². The minimum absolute atomic E-state index is 0.00433. The highest BCUT2D eigenvalue weighted by Crippen LogP contribution is 2.38. The minimum atomic E-state index is -4.97. The lowest BCUT2D eigenvalue weighted by Gasteiger charge is -2.13. The number of halogens is 6. The second-order valence-corrected chi connectivity index (χ2v) is 3.94. The van der Waals surface area contributed by atoms with Gasteiger partial charge in [0.25, 0.3) is 0 Å². The Morgan fingerprint density at radius 3 is 1.90 bits per heavy atom. The van der Waals surface area contributed by atoms with Crippen LogP contribution in [0.5, 0.6) is 0 Å². The standard InChI is InChI=1S/C11H4F6N4/c12-10(13,14)6-1-5(2-7(3-6)11(15,16)17)9-8(4-18)19-21-20-9/h1-3H,(H,19,20,21). The van der Waals surface area contributed by atoms with Gasteiger partial charge >= 0.3 is 12.4 Å². The van der Waals surface area contributed by atoms with Crippen molar-refractivity contribution in [1.29, 1.82) is 5.26 Å². The van der Waals surface area contributed by atoms with Gasteiger partial charge in [-0.2, -0.15) is 31.6 Å². The predicted molar refractivity (Wildman–Crippen MR) is 56.5 cm³/mol. The van der Waals surface area contributed by atoms with E-state index in [-0.39, 0.29) is 17.5 Å². The van der Waals surface area contributed by atoms with Gasteiger partial charge < -0.3 is 0 Å². The lowest BCUT2D eigenvalue weighted by Crippen LogP contribution is -2.11. The first-order valence-corrected chi connectivity index (χ1v) is 5.24. The number of nitrogens with zero attached hydrogens (tertiary/aromatic N) is 3. The summed E-state index contributed by atoms with van der Waals surface area (Å²) in [5.41, 5.74) is -4.18. The zero-order valence-corrected chi connectivity index (χ0v) is 9.84. The number of aromatic nitrogens is 3. The number of benzene rings is 1. The van der Waals surface area contributed by atoms with E-state index >= 15 is 0 Å². The molecule has 0 saturated heterocycles.